The van der Waals surface area contributed by atoms with Gasteiger partial charge in [0.25, 0.3) is 0 Å². The van der Waals surface area contributed by atoms with Crippen molar-refractivity contribution in [2.45, 2.75) is 6.92 Å². The molecule has 0 fully saturated rings. The van der Waals surface area contributed by atoms with Crippen molar-refractivity contribution in [1.82, 2.24) is 0 Å². The number of carboxylic acid groups (broad SMARTS) is 1. The van der Waals surface area contributed by atoms with Gasteiger partial charge in [0.15, 0.2) is 0 Å². The highest BCUT2D eigenvalue weighted by atomic mass is 16.5. The number of ether oxygens (including phenoxy) is 2. The Labute approximate surface area is 98.3 Å². The molecule has 0 atom stereocenters. The van der Waals surface area contributed by atoms with Crippen molar-refractivity contribution >= 4 is 18.0 Å². The van der Waals surface area contributed by atoms with E-state index in [1.165, 1.54) is 26.2 Å². The van der Waals surface area contributed by atoms with E-state index in [0.29, 0.717) is 17.1 Å². The second-order valence-electron chi connectivity index (χ2n) is 3.17. The first kappa shape index (κ1) is 12.8. The van der Waals surface area contributed by atoms with Crippen molar-refractivity contribution in [3.63, 3.8) is 0 Å². The van der Waals surface area contributed by atoms with Gasteiger partial charge in [-0.15, -0.1) is 0 Å². The molecule has 1 N–H and O–H groups in total. The minimum absolute atomic E-state index is 0.349. The van der Waals surface area contributed by atoms with Crippen molar-refractivity contribution in [2.75, 3.05) is 7.11 Å². The zero-order chi connectivity index (χ0) is 12.8. The third-order valence-corrected chi connectivity index (χ3v) is 1.87. The highest BCUT2D eigenvalue weighted by Crippen LogP contribution is 2.25. The molecule has 0 unspecified atom stereocenters. The van der Waals surface area contributed by atoms with Crippen LogP contribution < -0.4 is 9.47 Å². The van der Waals surface area contributed by atoms with E-state index >= 15 is 0 Å². The fourth-order valence-electron chi connectivity index (χ4n) is 1.22. The Balaban J connectivity index is 3.00. The van der Waals surface area contributed by atoms with Gasteiger partial charge in [0.2, 0.25) is 0 Å². The normalized spacial score (nSPS) is 10.2. The first-order valence-electron chi connectivity index (χ1n) is 4.80. The van der Waals surface area contributed by atoms with E-state index in [1.807, 2.05) is 0 Å². The number of carbonyl (C=O) groups excluding carboxylic acids is 1. The quantitative estimate of drug-likeness (QED) is 0.489. The van der Waals surface area contributed by atoms with Crippen LogP contribution in [0.3, 0.4) is 0 Å². The summed E-state index contributed by atoms with van der Waals surface area (Å²) in [6.45, 7) is 1.30. The summed E-state index contributed by atoms with van der Waals surface area (Å²) >= 11 is 0. The molecule has 0 aliphatic carbocycles. The summed E-state index contributed by atoms with van der Waals surface area (Å²) in [6.07, 6.45) is 2.40. The molecule has 0 heterocycles. The minimum atomic E-state index is -1.05. The Hall–Kier alpha value is -2.30. The molecule has 17 heavy (non-hydrogen) atoms. The lowest BCUT2D eigenvalue weighted by atomic mass is 10.2. The Bertz CT molecular complexity index is 462. The maximum atomic E-state index is 10.8. The molecule has 0 aliphatic heterocycles. The highest BCUT2D eigenvalue weighted by Gasteiger charge is 2.04. The van der Waals surface area contributed by atoms with Crippen LogP contribution in [-0.4, -0.2) is 24.2 Å². The molecule has 0 bridgehead atoms. The molecule has 0 spiro atoms. The zero-order valence-electron chi connectivity index (χ0n) is 9.47. The summed E-state index contributed by atoms with van der Waals surface area (Å²) in [5.41, 5.74) is 0.589. The number of rotatable bonds is 4. The van der Waals surface area contributed by atoms with Crippen LogP contribution in [0.25, 0.3) is 6.08 Å². The zero-order valence-corrected chi connectivity index (χ0v) is 9.47. The molecule has 90 valence electrons. The molecule has 5 heteroatoms. The number of carboxylic acids is 1. The molecule has 1 aromatic rings. The topological polar surface area (TPSA) is 72.8 Å². The Kier molecular flexibility index (Phi) is 4.28. The van der Waals surface area contributed by atoms with Crippen molar-refractivity contribution in [2.24, 2.45) is 0 Å². The predicted molar refractivity (Wildman–Crippen MR) is 61.0 cm³/mol. The third kappa shape index (κ3) is 3.98. The molecule has 0 aliphatic rings. The minimum Gasteiger partial charge on any atom is -0.496 e. The number of carbonyl (C=O) groups is 2. The number of hydrogen-bond acceptors (Lipinski definition) is 4. The standard InChI is InChI=1S/C12H12O5/c1-8(13)17-10-5-3-9(4-6-12(14)15)11(7-10)16-2/h3-7H,1-2H3,(H,14,15). The van der Waals surface area contributed by atoms with Crippen LogP contribution >= 0.6 is 0 Å². The van der Waals surface area contributed by atoms with Gasteiger partial charge in [-0.3, -0.25) is 4.79 Å². The van der Waals surface area contributed by atoms with Crippen molar-refractivity contribution in [1.29, 1.82) is 0 Å². The molecular weight excluding hydrogens is 224 g/mol. The molecule has 1 rings (SSSR count). The second-order valence-corrected chi connectivity index (χ2v) is 3.17. The molecule has 0 saturated heterocycles. The average molecular weight is 236 g/mol. The summed E-state index contributed by atoms with van der Waals surface area (Å²) in [5, 5.41) is 8.51. The predicted octanol–water partition coefficient (Wildman–Crippen LogP) is 1.72. The largest absolute Gasteiger partial charge is 0.496 e. The fourth-order valence-corrected chi connectivity index (χ4v) is 1.22. The summed E-state index contributed by atoms with van der Waals surface area (Å²) in [4.78, 5) is 21.1. The van der Waals surface area contributed by atoms with Gasteiger partial charge in [0, 0.05) is 24.6 Å². The van der Waals surface area contributed by atoms with E-state index in [9.17, 15) is 9.59 Å². The van der Waals surface area contributed by atoms with Crippen molar-refractivity contribution in [3.8, 4) is 11.5 Å². The van der Waals surface area contributed by atoms with Gasteiger partial charge in [-0.25, -0.2) is 4.79 Å². The van der Waals surface area contributed by atoms with Crippen LogP contribution in [0, 0.1) is 0 Å². The van der Waals surface area contributed by atoms with E-state index in [0.717, 1.165) is 6.08 Å². The van der Waals surface area contributed by atoms with Crippen LogP contribution in [-0.2, 0) is 9.59 Å². The molecule has 0 radical (unpaired) electrons. The van der Waals surface area contributed by atoms with E-state index in [2.05, 4.69) is 0 Å². The van der Waals surface area contributed by atoms with Crippen LogP contribution in [0.1, 0.15) is 12.5 Å². The fraction of sp³-hybridized carbons (Fsp3) is 0.167. The van der Waals surface area contributed by atoms with Gasteiger partial charge in [0.05, 0.1) is 7.11 Å². The highest BCUT2D eigenvalue weighted by molar-refractivity contribution is 5.86. The summed E-state index contributed by atoms with van der Waals surface area (Å²) < 4.78 is 9.94. The first-order valence-corrected chi connectivity index (χ1v) is 4.80. The van der Waals surface area contributed by atoms with E-state index in [4.69, 9.17) is 14.6 Å². The van der Waals surface area contributed by atoms with Crippen LogP contribution in [0.5, 0.6) is 11.5 Å². The van der Waals surface area contributed by atoms with Gasteiger partial charge >= 0.3 is 11.9 Å². The number of aliphatic carboxylic acids is 1. The van der Waals surface area contributed by atoms with E-state index in [1.54, 1.807) is 12.1 Å². The van der Waals surface area contributed by atoms with Crippen LogP contribution in [0.4, 0.5) is 0 Å². The maximum absolute atomic E-state index is 10.8. The molecular formula is C12H12O5. The lowest BCUT2D eigenvalue weighted by Gasteiger charge is -2.07. The second kappa shape index (κ2) is 5.69. The van der Waals surface area contributed by atoms with Crippen molar-refractivity contribution < 1.29 is 24.2 Å². The number of methoxy groups -OCH3 is 1. The Morgan fingerprint density at radius 1 is 1.35 bits per heavy atom. The van der Waals surface area contributed by atoms with E-state index < -0.39 is 11.9 Å². The Morgan fingerprint density at radius 3 is 2.59 bits per heavy atom. The number of hydrogen-bond donors (Lipinski definition) is 1. The lowest BCUT2D eigenvalue weighted by molar-refractivity contribution is -0.132. The van der Waals surface area contributed by atoms with Gasteiger partial charge in [0.1, 0.15) is 11.5 Å². The molecule has 0 saturated carbocycles. The van der Waals surface area contributed by atoms with Gasteiger partial charge < -0.3 is 14.6 Å². The maximum Gasteiger partial charge on any atom is 0.328 e. The molecule has 0 amide bonds. The van der Waals surface area contributed by atoms with Gasteiger partial charge in [-0.05, 0) is 18.2 Å². The van der Waals surface area contributed by atoms with E-state index in [-0.39, 0.29) is 0 Å². The van der Waals surface area contributed by atoms with Crippen molar-refractivity contribution in [3.05, 3.63) is 29.8 Å². The summed E-state index contributed by atoms with van der Waals surface area (Å²) in [7, 11) is 1.45. The third-order valence-electron chi connectivity index (χ3n) is 1.87. The molecule has 1 aromatic carbocycles. The van der Waals surface area contributed by atoms with Crippen LogP contribution in [0.2, 0.25) is 0 Å². The number of benzene rings is 1. The number of esters is 1. The summed E-state index contributed by atoms with van der Waals surface area (Å²) in [6, 6.07) is 4.69. The smallest absolute Gasteiger partial charge is 0.328 e. The van der Waals surface area contributed by atoms with Crippen LogP contribution in [0.15, 0.2) is 24.3 Å². The van der Waals surface area contributed by atoms with Gasteiger partial charge in [-0.1, -0.05) is 0 Å². The summed E-state index contributed by atoms with van der Waals surface area (Å²) in [5.74, 6) is -0.694. The Morgan fingerprint density at radius 2 is 2.06 bits per heavy atom. The monoisotopic (exact) mass is 236 g/mol. The van der Waals surface area contributed by atoms with Gasteiger partial charge in [-0.2, -0.15) is 0 Å². The average Bonchev–Trinajstić information content (AvgIpc) is 2.26. The SMILES string of the molecule is COc1cc(OC(C)=O)ccc1C=CC(=O)O. The molecule has 0 aromatic heterocycles. The first-order chi connectivity index (χ1) is 8.02. The molecule has 5 nitrogen and oxygen atoms in total. The lowest BCUT2D eigenvalue weighted by Crippen LogP contribution is -2.01.